The molecule has 1 aromatic rings. The lowest BCUT2D eigenvalue weighted by Crippen LogP contribution is -2.43. The number of hydrogen-bond donors (Lipinski definition) is 0. The molecule has 132 valence electrons. The molecule has 1 aromatic carbocycles. The fourth-order valence-electron chi connectivity index (χ4n) is 3.38. The number of carbonyl (C=O) groups excluding carboxylic acids is 1. The first-order valence-electron chi connectivity index (χ1n) is 9.02. The van der Waals surface area contributed by atoms with Crippen LogP contribution in [0.3, 0.4) is 0 Å². The maximum absolute atomic E-state index is 12.7. The molecule has 1 unspecified atom stereocenters. The van der Waals surface area contributed by atoms with Gasteiger partial charge < -0.3 is 14.5 Å². The molecule has 5 heteroatoms. The molecule has 2 heterocycles. The van der Waals surface area contributed by atoms with Gasteiger partial charge in [0.1, 0.15) is 0 Å². The van der Waals surface area contributed by atoms with Crippen molar-refractivity contribution in [1.82, 2.24) is 14.7 Å². The maximum Gasteiger partial charge on any atom is 0.253 e. The van der Waals surface area contributed by atoms with E-state index in [0.717, 1.165) is 57.9 Å². The van der Waals surface area contributed by atoms with E-state index >= 15 is 0 Å². The van der Waals surface area contributed by atoms with Gasteiger partial charge in [-0.1, -0.05) is 12.1 Å². The van der Waals surface area contributed by atoms with Gasteiger partial charge in [-0.2, -0.15) is 0 Å². The Labute approximate surface area is 145 Å². The molecule has 24 heavy (non-hydrogen) atoms. The molecule has 3 rings (SSSR count). The van der Waals surface area contributed by atoms with Crippen molar-refractivity contribution in [3.63, 3.8) is 0 Å². The SMILES string of the molecule is CC1CN(C(=O)c2ccc(CN3CCN(C)CC3)cc2)CCCO1. The number of hydrogen-bond acceptors (Lipinski definition) is 4. The van der Waals surface area contributed by atoms with Gasteiger partial charge in [-0.25, -0.2) is 0 Å². The minimum absolute atomic E-state index is 0.118. The first-order valence-corrected chi connectivity index (χ1v) is 9.02. The summed E-state index contributed by atoms with van der Waals surface area (Å²) in [5, 5.41) is 0. The van der Waals surface area contributed by atoms with Crippen LogP contribution in [0.15, 0.2) is 24.3 Å². The molecule has 0 N–H and O–H groups in total. The molecule has 2 aliphatic heterocycles. The molecule has 0 aliphatic carbocycles. The third-order valence-corrected chi connectivity index (χ3v) is 4.94. The largest absolute Gasteiger partial charge is 0.377 e. The van der Waals surface area contributed by atoms with Gasteiger partial charge in [0.05, 0.1) is 6.10 Å². The van der Waals surface area contributed by atoms with Crippen molar-refractivity contribution >= 4 is 5.91 Å². The Morgan fingerprint density at radius 1 is 1.12 bits per heavy atom. The molecule has 2 saturated heterocycles. The van der Waals surface area contributed by atoms with E-state index in [1.807, 2.05) is 24.0 Å². The first kappa shape index (κ1) is 17.4. The van der Waals surface area contributed by atoms with E-state index in [-0.39, 0.29) is 12.0 Å². The zero-order valence-electron chi connectivity index (χ0n) is 14.9. The predicted octanol–water partition coefficient (Wildman–Crippen LogP) is 1.68. The van der Waals surface area contributed by atoms with Crippen LogP contribution in [-0.2, 0) is 11.3 Å². The Morgan fingerprint density at radius 3 is 2.54 bits per heavy atom. The molecule has 0 saturated carbocycles. The molecule has 2 fully saturated rings. The molecule has 0 aromatic heterocycles. The van der Waals surface area contributed by atoms with Crippen molar-refractivity contribution < 1.29 is 9.53 Å². The molecule has 0 bridgehead atoms. The number of piperazine rings is 1. The van der Waals surface area contributed by atoms with E-state index in [2.05, 4.69) is 29.0 Å². The topological polar surface area (TPSA) is 36.0 Å². The summed E-state index contributed by atoms with van der Waals surface area (Å²) >= 11 is 0. The summed E-state index contributed by atoms with van der Waals surface area (Å²) in [5.41, 5.74) is 2.06. The third-order valence-electron chi connectivity index (χ3n) is 4.94. The van der Waals surface area contributed by atoms with Crippen LogP contribution in [0, 0.1) is 0 Å². The fourth-order valence-corrected chi connectivity index (χ4v) is 3.38. The molecular weight excluding hydrogens is 302 g/mol. The van der Waals surface area contributed by atoms with E-state index in [0.29, 0.717) is 6.54 Å². The second-order valence-corrected chi connectivity index (χ2v) is 7.06. The summed E-state index contributed by atoms with van der Waals surface area (Å²) in [6, 6.07) is 8.15. The van der Waals surface area contributed by atoms with Crippen molar-refractivity contribution in [2.24, 2.45) is 0 Å². The molecule has 0 spiro atoms. The molecule has 1 amide bonds. The zero-order chi connectivity index (χ0) is 16.9. The minimum Gasteiger partial charge on any atom is -0.377 e. The average Bonchev–Trinajstić information content (AvgIpc) is 2.81. The van der Waals surface area contributed by atoms with Gasteiger partial charge in [-0.15, -0.1) is 0 Å². The number of amides is 1. The van der Waals surface area contributed by atoms with Crippen molar-refractivity contribution in [3.05, 3.63) is 35.4 Å². The Kier molecular flexibility index (Phi) is 5.87. The Balaban J connectivity index is 1.58. The lowest BCUT2D eigenvalue weighted by atomic mass is 10.1. The average molecular weight is 331 g/mol. The summed E-state index contributed by atoms with van der Waals surface area (Å²) in [5.74, 6) is 0.124. The number of carbonyl (C=O) groups is 1. The monoisotopic (exact) mass is 331 g/mol. The van der Waals surface area contributed by atoms with Gasteiger partial charge in [-0.05, 0) is 38.1 Å². The minimum atomic E-state index is 0.118. The second-order valence-electron chi connectivity index (χ2n) is 7.06. The second kappa shape index (κ2) is 8.10. The number of benzene rings is 1. The van der Waals surface area contributed by atoms with Gasteiger partial charge in [0.2, 0.25) is 0 Å². The van der Waals surface area contributed by atoms with Crippen LogP contribution in [0.1, 0.15) is 29.3 Å². The predicted molar refractivity (Wildman–Crippen MR) is 95.2 cm³/mol. The lowest BCUT2D eigenvalue weighted by molar-refractivity contribution is 0.0562. The van der Waals surface area contributed by atoms with Crippen LogP contribution < -0.4 is 0 Å². The van der Waals surface area contributed by atoms with Crippen molar-refractivity contribution in [1.29, 1.82) is 0 Å². The normalized spacial score (nSPS) is 23.9. The lowest BCUT2D eigenvalue weighted by Gasteiger charge is -2.32. The highest BCUT2D eigenvalue weighted by Crippen LogP contribution is 2.14. The van der Waals surface area contributed by atoms with Gasteiger partial charge in [0.15, 0.2) is 0 Å². The van der Waals surface area contributed by atoms with Crippen LogP contribution in [0.25, 0.3) is 0 Å². The van der Waals surface area contributed by atoms with Crippen molar-refractivity contribution in [2.45, 2.75) is 26.0 Å². The quantitative estimate of drug-likeness (QED) is 0.844. The van der Waals surface area contributed by atoms with Crippen molar-refractivity contribution in [3.8, 4) is 0 Å². The summed E-state index contributed by atoms with van der Waals surface area (Å²) < 4.78 is 5.63. The Hall–Kier alpha value is -1.43. The smallest absolute Gasteiger partial charge is 0.253 e. The summed E-state index contributed by atoms with van der Waals surface area (Å²) in [4.78, 5) is 19.5. The highest BCUT2D eigenvalue weighted by molar-refractivity contribution is 5.94. The van der Waals surface area contributed by atoms with E-state index in [4.69, 9.17) is 4.74 Å². The number of nitrogens with zero attached hydrogens (tertiary/aromatic N) is 3. The summed E-state index contributed by atoms with van der Waals surface area (Å²) in [6.07, 6.45) is 1.03. The number of likely N-dealkylation sites (N-methyl/N-ethyl adjacent to an activating group) is 1. The standard InChI is InChI=1S/C19H29N3O2/c1-16-14-22(8-3-13-24-16)19(23)18-6-4-17(5-7-18)15-21-11-9-20(2)10-12-21/h4-7,16H,3,8-15H2,1-2H3. The van der Waals surface area contributed by atoms with Crippen LogP contribution in [0.5, 0.6) is 0 Å². The van der Waals surface area contributed by atoms with Crippen molar-refractivity contribution in [2.75, 3.05) is 52.9 Å². The van der Waals surface area contributed by atoms with Crippen LogP contribution in [0.2, 0.25) is 0 Å². The molecule has 5 nitrogen and oxygen atoms in total. The highest BCUT2D eigenvalue weighted by atomic mass is 16.5. The van der Waals surface area contributed by atoms with Crippen LogP contribution in [-0.4, -0.2) is 79.6 Å². The molecule has 2 aliphatic rings. The van der Waals surface area contributed by atoms with Gasteiger partial charge in [-0.3, -0.25) is 9.69 Å². The van der Waals surface area contributed by atoms with E-state index in [1.54, 1.807) is 0 Å². The maximum atomic E-state index is 12.7. The van der Waals surface area contributed by atoms with Gasteiger partial charge >= 0.3 is 0 Å². The highest BCUT2D eigenvalue weighted by Gasteiger charge is 2.21. The number of rotatable bonds is 3. The van der Waals surface area contributed by atoms with E-state index in [9.17, 15) is 4.79 Å². The van der Waals surface area contributed by atoms with Crippen LogP contribution in [0.4, 0.5) is 0 Å². The molecule has 0 radical (unpaired) electrons. The molecular formula is C19H29N3O2. The van der Waals surface area contributed by atoms with E-state index in [1.165, 1.54) is 5.56 Å². The summed E-state index contributed by atoms with van der Waals surface area (Å²) in [7, 11) is 2.17. The van der Waals surface area contributed by atoms with Crippen LogP contribution >= 0.6 is 0 Å². The number of ether oxygens (including phenoxy) is 1. The van der Waals surface area contributed by atoms with Gasteiger partial charge in [0.25, 0.3) is 5.91 Å². The van der Waals surface area contributed by atoms with E-state index < -0.39 is 0 Å². The Morgan fingerprint density at radius 2 is 1.83 bits per heavy atom. The third kappa shape index (κ3) is 4.56. The molecule has 1 atom stereocenters. The van der Waals surface area contributed by atoms with Gasteiger partial charge in [0, 0.05) is 58.0 Å². The Bertz CT molecular complexity index is 538. The zero-order valence-corrected chi connectivity index (χ0v) is 14.9. The summed E-state index contributed by atoms with van der Waals surface area (Å²) in [6.45, 7) is 9.70. The first-order chi connectivity index (χ1) is 11.6. The fraction of sp³-hybridized carbons (Fsp3) is 0.632.